The second kappa shape index (κ2) is 4.00. The zero-order valence-electron chi connectivity index (χ0n) is 8.28. The number of likely N-dealkylation sites (tertiary alicyclic amines) is 1. The van der Waals surface area contributed by atoms with Crippen molar-refractivity contribution in [3.05, 3.63) is 18.5 Å². The molecule has 1 fully saturated rings. The van der Waals surface area contributed by atoms with Crippen LogP contribution in [0.5, 0.6) is 0 Å². The molecular formula is C9H14N4O2. The molecule has 2 rings (SSSR count). The highest BCUT2D eigenvalue weighted by molar-refractivity contribution is 5.78. The van der Waals surface area contributed by atoms with Crippen molar-refractivity contribution in [1.82, 2.24) is 14.7 Å². The third-order valence-corrected chi connectivity index (χ3v) is 2.65. The first kappa shape index (κ1) is 10.1. The van der Waals surface area contributed by atoms with Crippen molar-refractivity contribution >= 4 is 5.91 Å². The number of aliphatic hydroxyl groups excluding tert-OH is 1. The Bertz CT molecular complexity index is 338. The highest BCUT2D eigenvalue weighted by Crippen LogP contribution is 2.20. The first-order chi connectivity index (χ1) is 7.22. The fourth-order valence-corrected chi connectivity index (χ4v) is 1.84. The number of aliphatic hydroxyl groups is 1. The summed E-state index contributed by atoms with van der Waals surface area (Å²) in [6, 6.07) is 1.63. The van der Waals surface area contributed by atoms with E-state index >= 15 is 0 Å². The quantitative estimate of drug-likeness (QED) is 0.628. The summed E-state index contributed by atoms with van der Waals surface area (Å²) in [6.45, 7) is 0.790. The number of nitrogens with two attached hydrogens (primary N) is 1. The monoisotopic (exact) mass is 210 g/mol. The second-order valence-electron chi connectivity index (χ2n) is 3.62. The summed E-state index contributed by atoms with van der Waals surface area (Å²) in [4.78, 5) is 12.9. The van der Waals surface area contributed by atoms with Gasteiger partial charge in [-0.1, -0.05) is 0 Å². The molecule has 15 heavy (non-hydrogen) atoms. The Morgan fingerprint density at radius 3 is 3.00 bits per heavy atom. The summed E-state index contributed by atoms with van der Waals surface area (Å²) >= 11 is 0. The summed E-state index contributed by atoms with van der Waals surface area (Å²) in [5, 5.41) is 13.8. The molecule has 3 N–H and O–H groups in total. The topological polar surface area (TPSA) is 84.4 Å². The van der Waals surface area contributed by atoms with E-state index in [4.69, 9.17) is 5.73 Å². The molecule has 1 aromatic rings. The molecule has 0 aromatic carbocycles. The van der Waals surface area contributed by atoms with Gasteiger partial charge < -0.3 is 15.7 Å². The van der Waals surface area contributed by atoms with Gasteiger partial charge in [0.15, 0.2) is 0 Å². The zero-order valence-corrected chi connectivity index (χ0v) is 8.28. The normalized spacial score (nSPS) is 25.9. The first-order valence-corrected chi connectivity index (χ1v) is 4.87. The fraction of sp³-hybridized carbons (Fsp3) is 0.556. The minimum absolute atomic E-state index is 0.0153. The Kier molecular flexibility index (Phi) is 2.70. The van der Waals surface area contributed by atoms with E-state index < -0.39 is 6.10 Å². The van der Waals surface area contributed by atoms with E-state index in [1.807, 2.05) is 0 Å². The molecular weight excluding hydrogens is 196 g/mol. The first-order valence-electron chi connectivity index (χ1n) is 4.87. The van der Waals surface area contributed by atoms with Crippen LogP contribution in [0, 0.1) is 0 Å². The molecule has 1 aliphatic rings. The number of amides is 1. The Morgan fingerprint density at radius 1 is 1.60 bits per heavy atom. The smallest absolute Gasteiger partial charge is 0.236 e. The summed E-state index contributed by atoms with van der Waals surface area (Å²) in [7, 11) is 0. The summed E-state index contributed by atoms with van der Waals surface area (Å²) in [5.74, 6) is -0.135. The molecule has 2 atom stereocenters. The van der Waals surface area contributed by atoms with Gasteiger partial charge >= 0.3 is 0 Å². The van der Waals surface area contributed by atoms with Gasteiger partial charge in [-0.25, -0.2) is 0 Å². The van der Waals surface area contributed by atoms with Gasteiger partial charge in [-0.2, -0.15) is 5.10 Å². The van der Waals surface area contributed by atoms with Gasteiger partial charge in [0.2, 0.25) is 5.91 Å². The van der Waals surface area contributed by atoms with Gasteiger partial charge in [-0.15, -0.1) is 0 Å². The van der Waals surface area contributed by atoms with Crippen molar-refractivity contribution in [2.24, 2.45) is 5.73 Å². The van der Waals surface area contributed by atoms with E-state index in [0.29, 0.717) is 13.1 Å². The van der Waals surface area contributed by atoms with Crippen LogP contribution >= 0.6 is 0 Å². The van der Waals surface area contributed by atoms with Crippen LogP contribution < -0.4 is 5.73 Å². The third kappa shape index (κ3) is 1.86. The maximum atomic E-state index is 11.3. The predicted octanol–water partition coefficient (Wildman–Crippen LogP) is -1.41. The van der Waals surface area contributed by atoms with Crippen LogP contribution in [0.1, 0.15) is 6.04 Å². The molecule has 82 valence electrons. The number of hydrogen-bond donors (Lipinski definition) is 2. The van der Waals surface area contributed by atoms with Crippen molar-refractivity contribution in [3.63, 3.8) is 0 Å². The molecule has 1 aliphatic heterocycles. The molecule has 0 radical (unpaired) electrons. The van der Waals surface area contributed by atoms with Crippen molar-refractivity contribution in [2.45, 2.75) is 12.1 Å². The molecule has 0 saturated carbocycles. The lowest BCUT2D eigenvalue weighted by atomic mass is 10.2. The standard InChI is InChI=1S/C9H14N4O2/c10-4-9(15)12-5-7(8(14)6-12)13-3-1-2-11-13/h1-3,7-8,14H,4-6,10H2/t7-,8+/m0/s1. The van der Waals surface area contributed by atoms with Gasteiger partial charge in [0.1, 0.15) is 0 Å². The number of aromatic nitrogens is 2. The second-order valence-corrected chi connectivity index (χ2v) is 3.62. The molecule has 0 bridgehead atoms. The van der Waals surface area contributed by atoms with Crippen LogP contribution in [0.4, 0.5) is 0 Å². The Labute approximate surface area is 87.3 Å². The minimum Gasteiger partial charge on any atom is -0.389 e. The van der Waals surface area contributed by atoms with E-state index in [9.17, 15) is 9.90 Å². The number of nitrogens with zero attached hydrogens (tertiary/aromatic N) is 3. The lowest BCUT2D eigenvalue weighted by molar-refractivity contribution is -0.129. The van der Waals surface area contributed by atoms with Crippen molar-refractivity contribution < 1.29 is 9.90 Å². The minimum atomic E-state index is -0.569. The SMILES string of the molecule is NCC(=O)N1C[C@@H](O)[C@@H](n2cccn2)C1. The van der Waals surface area contributed by atoms with Crippen LogP contribution in [0.2, 0.25) is 0 Å². The number of carbonyl (C=O) groups excluding carboxylic acids is 1. The maximum absolute atomic E-state index is 11.3. The Hall–Kier alpha value is -1.40. The number of hydrogen-bond acceptors (Lipinski definition) is 4. The summed E-state index contributed by atoms with van der Waals surface area (Å²) < 4.78 is 1.68. The van der Waals surface area contributed by atoms with Crippen molar-refractivity contribution in [3.8, 4) is 0 Å². The van der Waals surface area contributed by atoms with Crippen LogP contribution in [-0.2, 0) is 4.79 Å². The number of β-amino-alcohol motifs (C(OH)–C–C–N with tert-alkyl or cyclic N) is 1. The molecule has 1 amide bonds. The molecule has 6 nitrogen and oxygen atoms in total. The predicted molar refractivity (Wildman–Crippen MR) is 52.9 cm³/mol. The van der Waals surface area contributed by atoms with Crippen LogP contribution in [0.25, 0.3) is 0 Å². The van der Waals surface area contributed by atoms with E-state index in [-0.39, 0.29) is 18.5 Å². The van der Waals surface area contributed by atoms with Gasteiger partial charge in [0.25, 0.3) is 0 Å². The van der Waals surface area contributed by atoms with E-state index in [1.165, 1.54) is 0 Å². The van der Waals surface area contributed by atoms with E-state index in [1.54, 1.807) is 28.0 Å². The highest BCUT2D eigenvalue weighted by atomic mass is 16.3. The van der Waals surface area contributed by atoms with Crippen LogP contribution in [-0.4, -0.2) is 51.4 Å². The van der Waals surface area contributed by atoms with Gasteiger partial charge in [-0.05, 0) is 6.07 Å². The molecule has 2 heterocycles. The lowest BCUT2D eigenvalue weighted by Gasteiger charge is -2.14. The van der Waals surface area contributed by atoms with Crippen molar-refractivity contribution in [1.29, 1.82) is 0 Å². The largest absolute Gasteiger partial charge is 0.389 e. The zero-order chi connectivity index (χ0) is 10.8. The highest BCUT2D eigenvalue weighted by Gasteiger charge is 2.34. The number of carbonyl (C=O) groups is 1. The molecule has 1 saturated heterocycles. The Balaban J connectivity index is 2.08. The molecule has 1 aromatic heterocycles. The Morgan fingerprint density at radius 2 is 2.40 bits per heavy atom. The average Bonchev–Trinajstić information content (AvgIpc) is 2.84. The molecule has 0 aliphatic carbocycles. The summed E-state index contributed by atoms with van der Waals surface area (Å²) in [5.41, 5.74) is 5.27. The van der Waals surface area contributed by atoms with Gasteiger partial charge in [-0.3, -0.25) is 9.48 Å². The average molecular weight is 210 g/mol. The molecule has 0 unspecified atom stereocenters. The van der Waals surface area contributed by atoms with Crippen LogP contribution in [0.3, 0.4) is 0 Å². The molecule has 0 spiro atoms. The fourth-order valence-electron chi connectivity index (χ4n) is 1.84. The lowest BCUT2D eigenvalue weighted by Crippen LogP contribution is -2.34. The van der Waals surface area contributed by atoms with Crippen molar-refractivity contribution in [2.75, 3.05) is 19.6 Å². The number of rotatable bonds is 2. The van der Waals surface area contributed by atoms with E-state index in [2.05, 4.69) is 5.10 Å². The van der Waals surface area contributed by atoms with Gasteiger partial charge in [0.05, 0.1) is 18.7 Å². The molecule has 6 heteroatoms. The third-order valence-electron chi connectivity index (χ3n) is 2.65. The van der Waals surface area contributed by atoms with Crippen LogP contribution in [0.15, 0.2) is 18.5 Å². The maximum Gasteiger partial charge on any atom is 0.236 e. The van der Waals surface area contributed by atoms with E-state index in [0.717, 1.165) is 0 Å². The van der Waals surface area contributed by atoms with Gasteiger partial charge in [0, 0.05) is 25.5 Å². The summed E-state index contributed by atoms with van der Waals surface area (Å²) in [6.07, 6.45) is 2.87.